The molecule has 1 amide bonds. The minimum Gasteiger partial charge on any atom is -0.321 e. The molecule has 1 aromatic carbocycles. The van der Waals surface area contributed by atoms with Crippen molar-refractivity contribution >= 4 is 17.2 Å². The van der Waals surface area contributed by atoms with Crippen molar-refractivity contribution in [2.45, 2.75) is 13.1 Å². The fourth-order valence-corrected chi connectivity index (χ4v) is 2.34. The molecule has 0 aliphatic carbocycles. The van der Waals surface area contributed by atoms with Crippen LogP contribution in [0, 0.1) is 6.92 Å². The summed E-state index contributed by atoms with van der Waals surface area (Å²) in [6, 6.07) is 8.02. The molecule has 0 aliphatic heterocycles. The van der Waals surface area contributed by atoms with Crippen molar-refractivity contribution in [2.75, 3.05) is 5.32 Å². The van der Waals surface area contributed by atoms with Crippen molar-refractivity contribution in [3.05, 3.63) is 65.6 Å². The molecule has 4 nitrogen and oxygen atoms in total. The third-order valence-electron chi connectivity index (χ3n) is 3.33. The van der Waals surface area contributed by atoms with Gasteiger partial charge in [-0.15, -0.1) is 0 Å². The van der Waals surface area contributed by atoms with Crippen LogP contribution in [0.3, 0.4) is 0 Å². The Hall–Kier alpha value is -2.83. The Balaban J connectivity index is 1.99. The maximum atomic E-state index is 13.0. The van der Waals surface area contributed by atoms with Crippen LogP contribution in [0.2, 0.25) is 0 Å². The molecule has 0 spiro atoms. The molecule has 0 aliphatic rings. The zero-order valence-corrected chi connectivity index (χ0v) is 12.1. The first-order valence-electron chi connectivity index (χ1n) is 6.78. The number of fused-ring (bicyclic) bond motifs is 1. The van der Waals surface area contributed by atoms with Gasteiger partial charge < -0.3 is 9.72 Å². The van der Waals surface area contributed by atoms with Crippen molar-refractivity contribution in [3.8, 4) is 0 Å². The third-order valence-corrected chi connectivity index (χ3v) is 3.33. The molecule has 3 rings (SSSR count). The number of pyridine rings is 1. The largest absolute Gasteiger partial charge is 0.418 e. The number of alkyl halides is 3. The lowest BCUT2D eigenvalue weighted by Gasteiger charge is -2.13. The quantitative estimate of drug-likeness (QED) is 0.778. The molecule has 0 radical (unpaired) electrons. The number of anilines is 1. The van der Waals surface area contributed by atoms with Crippen molar-refractivity contribution in [1.82, 2.24) is 9.38 Å². The Morgan fingerprint density at radius 3 is 2.65 bits per heavy atom. The standard InChI is InChI=1S/C16H12F3N3O/c1-10-9-22-8-4-5-11(14(22)20-10)15(23)21-13-7-3-2-6-12(13)16(17,18)19/h2-9H,1H3,(H,21,23). The molecule has 7 heteroatoms. The summed E-state index contributed by atoms with van der Waals surface area (Å²) in [7, 11) is 0. The Labute approximate surface area is 129 Å². The molecule has 1 N–H and O–H groups in total. The first kappa shape index (κ1) is 15.1. The predicted molar refractivity (Wildman–Crippen MR) is 79.3 cm³/mol. The normalized spacial score (nSPS) is 11.7. The minimum absolute atomic E-state index is 0.206. The monoisotopic (exact) mass is 319 g/mol. The van der Waals surface area contributed by atoms with E-state index in [9.17, 15) is 18.0 Å². The number of carbonyl (C=O) groups excluding carboxylic acids is 1. The van der Waals surface area contributed by atoms with E-state index in [1.54, 1.807) is 29.8 Å². The van der Waals surface area contributed by atoms with E-state index in [0.717, 1.165) is 6.07 Å². The summed E-state index contributed by atoms with van der Waals surface area (Å²) in [6.45, 7) is 1.77. The van der Waals surface area contributed by atoms with Crippen LogP contribution >= 0.6 is 0 Å². The van der Waals surface area contributed by atoms with Gasteiger partial charge in [0.15, 0.2) is 0 Å². The number of nitrogens with one attached hydrogen (secondary N) is 1. The van der Waals surface area contributed by atoms with Crippen LogP contribution in [0.15, 0.2) is 48.8 Å². The van der Waals surface area contributed by atoms with Gasteiger partial charge in [-0.3, -0.25) is 4.79 Å². The van der Waals surface area contributed by atoms with Gasteiger partial charge in [0, 0.05) is 12.4 Å². The third kappa shape index (κ3) is 2.90. The number of benzene rings is 1. The number of aromatic nitrogens is 2. The highest BCUT2D eigenvalue weighted by molar-refractivity contribution is 6.08. The summed E-state index contributed by atoms with van der Waals surface area (Å²) >= 11 is 0. The summed E-state index contributed by atoms with van der Waals surface area (Å²) < 4.78 is 40.6. The Kier molecular flexibility index (Phi) is 3.55. The van der Waals surface area contributed by atoms with Gasteiger partial charge in [-0.1, -0.05) is 12.1 Å². The van der Waals surface area contributed by atoms with Gasteiger partial charge in [-0.05, 0) is 31.2 Å². The van der Waals surface area contributed by atoms with Gasteiger partial charge in [-0.2, -0.15) is 13.2 Å². The lowest BCUT2D eigenvalue weighted by molar-refractivity contribution is -0.136. The van der Waals surface area contributed by atoms with Crippen molar-refractivity contribution in [1.29, 1.82) is 0 Å². The van der Waals surface area contributed by atoms with E-state index in [1.807, 2.05) is 0 Å². The van der Waals surface area contributed by atoms with Gasteiger partial charge in [0.1, 0.15) is 5.65 Å². The number of amides is 1. The van der Waals surface area contributed by atoms with Crippen LogP contribution in [0.25, 0.3) is 5.65 Å². The second kappa shape index (κ2) is 5.42. The molecule has 0 saturated heterocycles. The SMILES string of the molecule is Cc1cn2cccc(C(=O)Nc3ccccc3C(F)(F)F)c2n1. The van der Waals surface area contributed by atoms with E-state index in [2.05, 4.69) is 10.3 Å². The molecule has 0 fully saturated rings. The Morgan fingerprint density at radius 2 is 1.91 bits per heavy atom. The topological polar surface area (TPSA) is 46.4 Å². The van der Waals surface area contributed by atoms with E-state index in [1.165, 1.54) is 24.3 Å². The molecule has 0 saturated carbocycles. The van der Waals surface area contributed by atoms with Crippen molar-refractivity contribution in [2.24, 2.45) is 0 Å². The smallest absolute Gasteiger partial charge is 0.321 e. The zero-order chi connectivity index (χ0) is 16.6. The van der Waals surface area contributed by atoms with Crippen LogP contribution < -0.4 is 5.32 Å². The van der Waals surface area contributed by atoms with Crippen LogP contribution in [-0.4, -0.2) is 15.3 Å². The maximum Gasteiger partial charge on any atom is 0.418 e. The Bertz CT molecular complexity index is 884. The average Bonchev–Trinajstić information content (AvgIpc) is 2.86. The number of halogens is 3. The van der Waals surface area contributed by atoms with Crippen molar-refractivity contribution < 1.29 is 18.0 Å². The summed E-state index contributed by atoms with van der Waals surface area (Å²) in [6.07, 6.45) is -1.09. The molecule has 0 bridgehead atoms. The lowest BCUT2D eigenvalue weighted by atomic mass is 10.1. The fraction of sp³-hybridized carbons (Fsp3) is 0.125. The number of hydrogen-bond donors (Lipinski definition) is 1. The van der Waals surface area contributed by atoms with E-state index < -0.39 is 17.6 Å². The highest BCUT2D eigenvalue weighted by Gasteiger charge is 2.33. The van der Waals surface area contributed by atoms with Crippen molar-refractivity contribution in [3.63, 3.8) is 0 Å². The number of imidazole rings is 1. The highest BCUT2D eigenvalue weighted by Crippen LogP contribution is 2.34. The number of hydrogen-bond acceptors (Lipinski definition) is 2. The van der Waals surface area contributed by atoms with E-state index in [-0.39, 0.29) is 11.3 Å². The molecular formula is C16H12F3N3O. The second-order valence-electron chi connectivity index (χ2n) is 5.03. The number of para-hydroxylation sites is 1. The van der Waals surface area contributed by atoms with E-state index >= 15 is 0 Å². The summed E-state index contributed by atoms with van der Waals surface area (Å²) in [4.78, 5) is 16.6. The summed E-state index contributed by atoms with van der Waals surface area (Å²) in [5.41, 5.74) is 0.139. The van der Waals surface area contributed by atoms with E-state index in [4.69, 9.17) is 0 Å². The average molecular weight is 319 g/mol. The molecule has 23 heavy (non-hydrogen) atoms. The fourth-order valence-electron chi connectivity index (χ4n) is 2.34. The van der Waals surface area contributed by atoms with Gasteiger partial charge in [0.2, 0.25) is 0 Å². The molecule has 0 unspecified atom stereocenters. The Morgan fingerprint density at radius 1 is 1.17 bits per heavy atom. The van der Waals surface area contributed by atoms with Crippen LogP contribution in [0.1, 0.15) is 21.6 Å². The van der Waals surface area contributed by atoms with Crippen LogP contribution in [0.4, 0.5) is 18.9 Å². The molecule has 2 heterocycles. The number of rotatable bonds is 2. The first-order chi connectivity index (χ1) is 10.9. The van der Waals surface area contributed by atoms with Crippen LogP contribution in [0.5, 0.6) is 0 Å². The number of carbonyl (C=O) groups is 1. The van der Waals surface area contributed by atoms with Gasteiger partial charge in [-0.25, -0.2) is 4.98 Å². The number of aryl methyl sites for hydroxylation is 1. The second-order valence-corrected chi connectivity index (χ2v) is 5.03. The van der Waals surface area contributed by atoms with Gasteiger partial charge in [0.25, 0.3) is 5.91 Å². The summed E-state index contributed by atoms with van der Waals surface area (Å²) in [5.74, 6) is -0.641. The first-order valence-corrected chi connectivity index (χ1v) is 6.78. The lowest BCUT2D eigenvalue weighted by Crippen LogP contribution is -2.17. The molecule has 3 aromatic rings. The maximum absolute atomic E-state index is 13.0. The predicted octanol–water partition coefficient (Wildman–Crippen LogP) is 3.91. The van der Waals surface area contributed by atoms with E-state index in [0.29, 0.717) is 11.3 Å². The molecule has 0 atom stereocenters. The molecule has 118 valence electrons. The minimum atomic E-state index is -4.54. The molecular weight excluding hydrogens is 307 g/mol. The van der Waals surface area contributed by atoms with Crippen LogP contribution in [-0.2, 0) is 6.18 Å². The van der Waals surface area contributed by atoms with Gasteiger partial charge >= 0.3 is 6.18 Å². The molecule has 2 aromatic heterocycles. The van der Waals surface area contributed by atoms with Gasteiger partial charge in [0.05, 0.1) is 22.5 Å². The highest BCUT2D eigenvalue weighted by atomic mass is 19.4. The number of nitrogens with zero attached hydrogens (tertiary/aromatic N) is 2. The zero-order valence-electron chi connectivity index (χ0n) is 12.1. The summed E-state index contributed by atoms with van der Waals surface area (Å²) in [5, 5.41) is 2.32.